The van der Waals surface area contributed by atoms with Gasteiger partial charge in [-0.05, 0) is 19.8 Å². The first kappa shape index (κ1) is 12.9. The second kappa shape index (κ2) is 7.18. The van der Waals surface area contributed by atoms with Crippen LogP contribution in [0.1, 0.15) is 48.0 Å². The minimum atomic E-state index is 0.226. The molecule has 0 saturated carbocycles. The van der Waals surface area contributed by atoms with Crippen molar-refractivity contribution >= 4 is 5.78 Å². The number of hydrogen-bond acceptors (Lipinski definition) is 2. The molecular weight excluding hydrogens is 200 g/mol. The number of hydrogen-bond donors (Lipinski definition) is 1. The van der Waals surface area contributed by atoms with Gasteiger partial charge in [0.1, 0.15) is 0 Å². The lowest BCUT2D eigenvalue weighted by Crippen LogP contribution is -1.98. The van der Waals surface area contributed by atoms with Crippen LogP contribution in [0.4, 0.5) is 0 Å². The van der Waals surface area contributed by atoms with Crippen LogP contribution in [0, 0.1) is 6.92 Å². The molecular formula is C14H20O2. The lowest BCUT2D eigenvalue weighted by Gasteiger charge is -2.01. The van der Waals surface area contributed by atoms with Gasteiger partial charge in [-0.3, -0.25) is 4.79 Å². The van der Waals surface area contributed by atoms with E-state index >= 15 is 0 Å². The third kappa shape index (κ3) is 4.58. The van der Waals surface area contributed by atoms with Crippen molar-refractivity contribution in [3.8, 4) is 0 Å². The molecule has 0 saturated heterocycles. The predicted molar refractivity (Wildman–Crippen MR) is 65.7 cm³/mol. The summed E-state index contributed by atoms with van der Waals surface area (Å²) in [6.45, 7) is 2.27. The van der Waals surface area contributed by atoms with Gasteiger partial charge in [0, 0.05) is 18.6 Å². The second-order valence-electron chi connectivity index (χ2n) is 4.18. The number of aliphatic hydroxyl groups excluding tert-OH is 1. The van der Waals surface area contributed by atoms with Crippen LogP contribution in [-0.4, -0.2) is 17.5 Å². The number of carbonyl (C=O) groups is 1. The van der Waals surface area contributed by atoms with E-state index in [2.05, 4.69) is 0 Å². The van der Waals surface area contributed by atoms with Crippen molar-refractivity contribution in [1.29, 1.82) is 0 Å². The largest absolute Gasteiger partial charge is 0.396 e. The number of aryl methyl sites for hydroxylation is 1. The van der Waals surface area contributed by atoms with Crippen LogP contribution in [0.3, 0.4) is 0 Å². The predicted octanol–water partition coefficient (Wildman–Crippen LogP) is 3.12. The Hall–Kier alpha value is -1.15. The third-order valence-corrected chi connectivity index (χ3v) is 2.69. The van der Waals surface area contributed by atoms with Crippen molar-refractivity contribution in [1.82, 2.24) is 0 Å². The van der Waals surface area contributed by atoms with E-state index in [-0.39, 0.29) is 12.4 Å². The molecule has 0 spiro atoms. The molecule has 0 bridgehead atoms. The van der Waals surface area contributed by atoms with Crippen molar-refractivity contribution in [3.05, 3.63) is 35.4 Å². The Labute approximate surface area is 97.3 Å². The summed E-state index contributed by atoms with van der Waals surface area (Å²) in [4.78, 5) is 11.7. The van der Waals surface area contributed by atoms with Gasteiger partial charge in [0.05, 0.1) is 0 Å². The van der Waals surface area contributed by atoms with Crippen LogP contribution in [0.25, 0.3) is 0 Å². The maximum absolute atomic E-state index is 11.7. The first-order valence-corrected chi connectivity index (χ1v) is 5.95. The molecule has 1 N–H and O–H groups in total. The van der Waals surface area contributed by atoms with Crippen molar-refractivity contribution in [2.75, 3.05) is 6.61 Å². The molecule has 0 atom stereocenters. The van der Waals surface area contributed by atoms with Crippen molar-refractivity contribution in [2.24, 2.45) is 0 Å². The standard InChI is InChI=1S/C14H20O2/c1-12-7-9-13(10-8-12)14(16)6-4-2-3-5-11-15/h7-10,15H,2-6,11H2,1H3. The van der Waals surface area contributed by atoms with E-state index in [1.165, 1.54) is 5.56 Å². The van der Waals surface area contributed by atoms with E-state index in [4.69, 9.17) is 5.11 Å². The average Bonchev–Trinajstić information content (AvgIpc) is 2.29. The minimum absolute atomic E-state index is 0.226. The number of benzene rings is 1. The average molecular weight is 220 g/mol. The summed E-state index contributed by atoms with van der Waals surface area (Å²) >= 11 is 0. The fourth-order valence-electron chi connectivity index (χ4n) is 1.63. The SMILES string of the molecule is Cc1ccc(C(=O)CCCCCCO)cc1. The molecule has 0 radical (unpaired) electrons. The van der Waals surface area contributed by atoms with Gasteiger partial charge in [0.25, 0.3) is 0 Å². The van der Waals surface area contributed by atoms with Crippen LogP contribution in [0.5, 0.6) is 0 Å². The highest BCUT2D eigenvalue weighted by Crippen LogP contribution is 2.10. The highest BCUT2D eigenvalue weighted by molar-refractivity contribution is 5.96. The van der Waals surface area contributed by atoms with E-state index in [1.807, 2.05) is 31.2 Å². The molecule has 1 aromatic carbocycles. The Morgan fingerprint density at radius 1 is 1.06 bits per heavy atom. The zero-order chi connectivity index (χ0) is 11.8. The Morgan fingerprint density at radius 3 is 2.31 bits per heavy atom. The first-order valence-electron chi connectivity index (χ1n) is 5.95. The van der Waals surface area contributed by atoms with Crippen LogP contribution in [0.15, 0.2) is 24.3 Å². The maximum atomic E-state index is 11.7. The fraction of sp³-hybridized carbons (Fsp3) is 0.500. The smallest absolute Gasteiger partial charge is 0.162 e. The molecule has 0 aliphatic heterocycles. The summed E-state index contributed by atoms with van der Waals surface area (Å²) in [5.41, 5.74) is 1.99. The number of Topliss-reactive ketones (excluding diaryl/α,β-unsaturated/α-hetero) is 1. The van der Waals surface area contributed by atoms with Gasteiger partial charge < -0.3 is 5.11 Å². The van der Waals surface area contributed by atoms with Gasteiger partial charge in [-0.1, -0.05) is 42.7 Å². The van der Waals surface area contributed by atoms with Gasteiger partial charge in [-0.15, -0.1) is 0 Å². The van der Waals surface area contributed by atoms with E-state index in [9.17, 15) is 4.79 Å². The summed E-state index contributed by atoms with van der Waals surface area (Å²) < 4.78 is 0. The number of ketones is 1. The summed E-state index contributed by atoms with van der Waals surface area (Å²) in [5, 5.41) is 8.61. The summed E-state index contributed by atoms with van der Waals surface area (Å²) in [6, 6.07) is 7.73. The zero-order valence-electron chi connectivity index (χ0n) is 9.91. The monoisotopic (exact) mass is 220 g/mol. The Kier molecular flexibility index (Phi) is 5.79. The van der Waals surface area contributed by atoms with E-state index in [0.717, 1.165) is 31.2 Å². The summed E-state index contributed by atoms with van der Waals surface area (Å²) in [7, 11) is 0. The number of carbonyl (C=O) groups excluding carboxylic acids is 1. The number of rotatable bonds is 7. The second-order valence-corrected chi connectivity index (χ2v) is 4.18. The number of aliphatic hydroxyl groups is 1. The molecule has 1 rings (SSSR count). The van der Waals surface area contributed by atoms with Crippen molar-refractivity contribution in [2.45, 2.75) is 39.0 Å². The molecule has 0 aromatic heterocycles. The van der Waals surface area contributed by atoms with Crippen molar-refractivity contribution in [3.63, 3.8) is 0 Å². The Balaban J connectivity index is 2.27. The molecule has 0 aliphatic rings. The van der Waals surface area contributed by atoms with E-state index in [0.29, 0.717) is 6.42 Å². The zero-order valence-corrected chi connectivity index (χ0v) is 9.91. The van der Waals surface area contributed by atoms with Gasteiger partial charge in [0.15, 0.2) is 5.78 Å². The number of unbranched alkanes of at least 4 members (excludes halogenated alkanes) is 3. The Bertz CT molecular complexity index is 314. The lowest BCUT2D eigenvalue weighted by atomic mass is 10.0. The van der Waals surface area contributed by atoms with E-state index < -0.39 is 0 Å². The van der Waals surface area contributed by atoms with Crippen LogP contribution < -0.4 is 0 Å². The highest BCUT2D eigenvalue weighted by atomic mass is 16.2. The fourth-order valence-corrected chi connectivity index (χ4v) is 1.63. The molecule has 16 heavy (non-hydrogen) atoms. The van der Waals surface area contributed by atoms with Crippen LogP contribution >= 0.6 is 0 Å². The van der Waals surface area contributed by atoms with Gasteiger partial charge in [-0.25, -0.2) is 0 Å². The molecule has 2 nitrogen and oxygen atoms in total. The third-order valence-electron chi connectivity index (χ3n) is 2.69. The molecule has 2 heteroatoms. The first-order chi connectivity index (χ1) is 7.74. The quantitative estimate of drug-likeness (QED) is 0.566. The normalized spacial score (nSPS) is 10.4. The minimum Gasteiger partial charge on any atom is -0.396 e. The highest BCUT2D eigenvalue weighted by Gasteiger charge is 2.04. The van der Waals surface area contributed by atoms with Crippen molar-refractivity contribution < 1.29 is 9.90 Å². The molecule has 0 heterocycles. The van der Waals surface area contributed by atoms with E-state index in [1.54, 1.807) is 0 Å². The molecule has 1 aromatic rings. The lowest BCUT2D eigenvalue weighted by molar-refractivity contribution is 0.0979. The Morgan fingerprint density at radius 2 is 1.69 bits per heavy atom. The van der Waals surface area contributed by atoms with Crippen LogP contribution in [-0.2, 0) is 0 Å². The maximum Gasteiger partial charge on any atom is 0.162 e. The van der Waals surface area contributed by atoms with Gasteiger partial charge in [-0.2, -0.15) is 0 Å². The summed E-state index contributed by atoms with van der Waals surface area (Å²) in [6.07, 6.45) is 4.43. The molecule has 0 unspecified atom stereocenters. The van der Waals surface area contributed by atoms with Crippen LogP contribution in [0.2, 0.25) is 0 Å². The summed E-state index contributed by atoms with van der Waals surface area (Å²) in [5.74, 6) is 0.226. The van der Waals surface area contributed by atoms with Gasteiger partial charge in [0.2, 0.25) is 0 Å². The topological polar surface area (TPSA) is 37.3 Å². The molecule has 0 aliphatic carbocycles. The molecule has 0 fully saturated rings. The molecule has 88 valence electrons. The molecule has 0 amide bonds. The van der Waals surface area contributed by atoms with Gasteiger partial charge >= 0.3 is 0 Å².